The molecular weight excluding hydrogens is 322 g/mol. The third-order valence-electron chi connectivity index (χ3n) is 3.78. The van der Waals surface area contributed by atoms with Gasteiger partial charge in [-0.15, -0.1) is 0 Å². The Kier molecular flexibility index (Phi) is 3.99. The topological polar surface area (TPSA) is 93.0 Å². The van der Waals surface area contributed by atoms with Crippen molar-refractivity contribution in [2.75, 3.05) is 33.3 Å². The summed E-state index contributed by atoms with van der Waals surface area (Å²) in [5, 5.41) is 0. The number of sulfonamides is 1. The minimum absolute atomic E-state index is 0.171. The zero-order chi connectivity index (χ0) is 16.6. The molecule has 0 aliphatic carbocycles. The van der Waals surface area contributed by atoms with Crippen molar-refractivity contribution in [2.45, 2.75) is 11.8 Å². The largest absolute Gasteiger partial charge is 0.453 e. The van der Waals surface area contributed by atoms with Crippen molar-refractivity contribution >= 4 is 27.2 Å². The number of benzene rings is 1. The normalized spacial score (nSPS) is 16.7. The molecule has 0 N–H and O–H groups in total. The number of piperazine rings is 1. The lowest BCUT2D eigenvalue weighted by atomic mass is 10.3. The molecule has 1 amide bonds. The third-order valence-corrected chi connectivity index (χ3v) is 5.67. The second-order valence-electron chi connectivity index (χ2n) is 5.22. The molecule has 0 saturated carbocycles. The molecule has 9 heteroatoms. The highest BCUT2D eigenvalue weighted by Gasteiger charge is 2.30. The molecule has 2 heterocycles. The first-order valence-electron chi connectivity index (χ1n) is 7.12. The molecule has 23 heavy (non-hydrogen) atoms. The van der Waals surface area contributed by atoms with Crippen LogP contribution in [0.1, 0.15) is 5.89 Å². The van der Waals surface area contributed by atoms with Crippen LogP contribution in [0.3, 0.4) is 0 Å². The average Bonchev–Trinajstić information content (AvgIpc) is 2.93. The number of aromatic nitrogens is 1. The summed E-state index contributed by atoms with van der Waals surface area (Å²) in [5.41, 5.74) is 1.06. The summed E-state index contributed by atoms with van der Waals surface area (Å²) < 4.78 is 36.8. The molecule has 1 aliphatic rings. The number of hydrogen-bond acceptors (Lipinski definition) is 6. The summed E-state index contributed by atoms with van der Waals surface area (Å²) in [5.74, 6) is 0.487. The zero-order valence-electron chi connectivity index (χ0n) is 12.9. The first kappa shape index (κ1) is 15.8. The van der Waals surface area contributed by atoms with Gasteiger partial charge < -0.3 is 14.1 Å². The van der Waals surface area contributed by atoms with Gasteiger partial charge in [-0.25, -0.2) is 18.2 Å². The zero-order valence-corrected chi connectivity index (χ0v) is 13.7. The number of rotatable bonds is 2. The Bertz CT molecular complexity index is 837. The summed E-state index contributed by atoms with van der Waals surface area (Å²) in [4.78, 5) is 17.3. The van der Waals surface area contributed by atoms with E-state index < -0.39 is 16.1 Å². The molecule has 1 aromatic carbocycles. The van der Waals surface area contributed by atoms with Crippen molar-refractivity contribution in [3.63, 3.8) is 0 Å². The van der Waals surface area contributed by atoms with Gasteiger partial charge in [-0.2, -0.15) is 4.31 Å². The van der Waals surface area contributed by atoms with Gasteiger partial charge in [0.2, 0.25) is 10.0 Å². The summed E-state index contributed by atoms with van der Waals surface area (Å²) in [6.07, 6.45) is -0.443. The van der Waals surface area contributed by atoms with Crippen LogP contribution in [-0.4, -0.2) is 62.0 Å². The predicted molar refractivity (Wildman–Crippen MR) is 81.5 cm³/mol. The van der Waals surface area contributed by atoms with Crippen LogP contribution >= 0.6 is 0 Å². The van der Waals surface area contributed by atoms with E-state index in [1.807, 2.05) is 0 Å². The molecule has 1 saturated heterocycles. The molecule has 0 spiro atoms. The van der Waals surface area contributed by atoms with Crippen LogP contribution in [0, 0.1) is 6.92 Å². The lowest BCUT2D eigenvalue weighted by Crippen LogP contribution is -2.50. The maximum absolute atomic E-state index is 12.7. The van der Waals surface area contributed by atoms with Gasteiger partial charge in [-0.3, -0.25) is 0 Å². The van der Waals surface area contributed by atoms with E-state index in [1.165, 1.54) is 28.4 Å². The van der Waals surface area contributed by atoms with E-state index in [1.54, 1.807) is 13.0 Å². The van der Waals surface area contributed by atoms with Crippen molar-refractivity contribution in [1.29, 1.82) is 0 Å². The Morgan fingerprint density at radius 1 is 1.26 bits per heavy atom. The quantitative estimate of drug-likeness (QED) is 0.816. The maximum Gasteiger partial charge on any atom is 0.409 e. The highest BCUT2D eigenvalue weighted by atomic mass is 32.2. The van der Waals surface area contributed by atoms with Gasteiger partial charge in [0.1, 0.15) is 5.52 Å². The Morgan fingerprint density at radius 2 is 1.96 bits per heavy atom. The summed E-state index contributed by atoms with van der Waals surface area (Å²) in [6.45, 7) is 2.77. The molecule has 2 aromatic rings. The molecule has 8 nitrogen and oxygen atoms in total. The first-order valence-corrected chi connectivity index (χ1v) is 8.56. The van der Waals surface area contributed by atoms with E-state index in [9.17, 15) is 13.2 Å². The van der Waals surface area contributed by atoms with Crippen LogP contribution in [0.15, 0.2) is 27.5 Å². The Morgan fingerprint density at radius 3 is 2.61 bits per heavy atom. The standard InChI is InChI=1S/C14H17N3O5S/c1-10-15-12-9-11(3-4-13(12)22-10)23(19,20)17-7-5-16(6-8-17)14(18)21-2/h3-4,9H,5-8H2,1-2H3. The summed E-state index contributed by atoms with van der Waals surface area (Å²) in [7, 11) is -2.32. The monoisotopic (exact) mass is 339 g/mol. The number of aryl methyl sites for hydroxylation is 1. The Hall–Kier alpha value is -2.13. The van der Waals surface area contributed by atoms with Gasteiger partial charge in [-0.1, -0.05) is 0 Å². The number of carbonyl (C=O) groups is 1. The second kappa shape index (κ2) is 5.82. The molecule has 0 radical (unpaired) electrons. The van der Waals surface area contributed by atoms with Crippen LogP contribution in [0.4, 0.5) is 4.79 Å². The second-order valence-corrected chi connectivity index (χ2v) is 7.16. The highest BCUT2D eigenvalue weighted by molar-refractivity contribution is 7.89. The number of ether oxygens (including phenoxy) is 1. The highest BCUT2D eigenvalue weighted by Crippen LogP contribution is 2.23. The number of carbonyl (C=O) groups excluding carboxylic acids is 1. The van der Waals surface area contributed by atoms with Gasteiger partial charge in [0.25, 0.3) is 0 Å². The van der Waals surface area contributed by atoms with E-state index in [0.29, 0.717) is 30.1 Å². The minimum atomic E-state index is -3.63. The lowest BCUT2D eigenvalue weighted by Gasteiger charge is -2.33. The molecule has 0 bridgehead atoms. The van der Waals surface area contributed by atoms with Crippen molar-refractivity contribution in [3.8, 4) is 0 Å². The van der Waals surface area contributed by atoms with E-state index >= 15 is 0 Å². The fourth-order valence-corrected chi connectivity index (χ4v) is 4.01. The fraction of sp³-hybridized carbons (Fsp3) is 0.429. The van der Waals surface area contributed by atoms with Crippen LogP contribution in [0.25, 0.3) is 11.1 Å². The summed E-state index contributed by atoms with van der Waals surface area (Å²) >= 11 is 0. The molecule has 3 rings (SSSR count). The van der Waals surface area contributed by atoms with E-state index in [0.717, 1.165) is 0 Å². The van der Waals surface area contributed by atoms with E-state index in [4.69, 9.17) is 4.42 Å². The SMILES string of the molecule is COC(=O)N1CCN(S(=O)(=O)c2ccc3oc(C)nc3c2)CC1. The number of nitrogens with zero attached hydrogens (tertiary/aromatic N) is 3. The van der Waals surface area contributed by atoms with Crippen molar-refractivity contribution in [1.82, 2.24) is 14.2 Å². The number of oxazole rings is 1. The molecule has 1 fully saturated rings. The maximum atomic E-state index is 12.7. The third kappa shape index (κ3) is 2.89. The van der Waals surface area contributed by atoms with Gasteiger partial charge in [0.15, 0.2) is 11.5 Å². The minimum Gasteiger partial charge on any atom is -0.453 e. The lowest BCUT2D eigenvalue weighted by molar-refractivity contribution is 0.108. The molecule has 124 valence electrons. The number of amides is 1. The Labute approximate surface area is 133 Å². The van der Waals surface area contributed by atoms with Crippen LogP contribution in [0.5, 0.6) is 0 Å². The van der Waals surface area contributed by atoms with Crippen LogP contribution in [-0.2, 0) is 14.8 Å². The smallest absolute Gasteiger partial charge is 0.409 e. The van der Waals surface area contributed by atoms with Crippen molar-refractivity contribution in [3.05, 3.63) is 24.1 Å². The number of methoxy groups -OCH3 is 1. The van der Waals surface area contributed by atoms with Gasteiger partial charge in [0, 0.05) is 33.1 Å². The number of hydrogen-bond donors (Lipinski definition) is 0. The van der Waals surface area contributed by atoms with Crippen molar-refractivity contribution in [2.24, 2.45) is 0 Å². The van der Waals surface area contributed by atoms with Gasteiger partial charge in [0.05, 0.1) is 12.0 Å². The molecule has 1 aromatic heterocycles. The molecule has 1 aliphatic heterocycles. The fourth-order valence-electron chi connectivity index (χ4n) is 2.57. The van der Waals surface area contributed by atoms with Gasteiger partial charge >= 0.3 is 6.09 Å². The van der Waals surface area contributed by atoms with Crippen LogP contribution < -0.4 is 0 Å². The molecule has 0 atom stereocenters. The van der Waals surface area contributed by atoms with Crippen LogP contribution in [0.2, 0.25) is 0 Å². The number of fused-ring (bicyclic) bond motifs is 1. The average molecular weight is 339 g/mol. The summed E-state index contributed by atoms with van der Waals surface area (Å²) in [6, 6.07) is 4.62. The van der Waals surface area contributed by atoms with E-state index in [2.05, 4.69) is 9.72 Å². The Balaban J connectivity index is 1.82. The predicted octanol–water partition coefficient (Wildman–Crippen LogP) is 1.21. The first-order chi connectivity index (χ1) is 10.9. The van der Waals surface area contributed by atoms with Crippen molar-refractivity contribution < 1.29 is 22.4 Å². The van der Waals surface area contributed by atoms with Gasteiger partial charge in [-0.05, 0) is 18.2 Å². The molecule has 0 unspecified atom stereocenters. The van der Waals surface area contributed by atoms with E-state index in [-0.39, 0.29) is 18.0 Å². The molecular formula is C14H17N3O5S.